The standard InChI is InChI=1S/C15H19N3O2S/c1-10-4-5-14(16)15(12(10)3)21(19,20)18-9-13-6-7-17-8-11(13)2/h4-8,18H,9,16H2,1-3H3. The molecule has 1 heterocycles. The molecule has 0 amide bonds. The monoisotopic (exact) mass is 305 g/mol. The quantitative estimate of drug-likeness (QED) is 0.847. The molecule has 2 aromatic rings. The van der Waals surface area contributed by atoms with Crippen LogP contribution in [0.1, 0.15) is 22.3 Å². The van der Waals surface area contributed by atoms with Crippen molar-refractivity contribution in [2.24, 2.45) is 0 Å². The second kappa shape index (κ2) is 5.83. The lowest BCUT2D eigenvalue weighted by Gasteiger charge is -2.14. The van der Waals surface area contributed by atoms with Crippen LogP contribution in [-0.2, 0) is 16.6 Å². The number of anilines is 1. The van der Waals surface area contributed by atoms with Gasteiger partial charge in [0.1, 0.15) is 4.90 Å². The molecule has 1 aromatic heterocycles. The molecular formula is C15H19N3O2S. The second-order valence-corrected chi connectivity index (χ2v) is 6.76. The molecule has 3 N–H and O–H groups in total. The zero-order valence-electron chi connectivity index (χ0n) is 12.3. The van der Waals surface area contributed by atoms with Crippen molar-refractivity contribution in [2.45, 2.75) is 32.2 Å². The van der Waals surface area contributed by atoms with E-state index in [1.807, 2.05) is 19.9 Å². The van der Waals surface area contributed by atoms with Gasteiger partial charge in [-0.1, -0.05) is 6.07 Å². The van der Waals surface area contributed by atoms with Gasteiger partial charge in [0.2, 0.25) is 10.0 Å². The van der Waals surface area contributed by atoms with Crippen LogP contribution in [0, 0.1) is 20.8 Å². The average Bonchev–Trinajstić information content (AvgIpc) is 2.42. The third kappa shape index (κ3) is 3.22. The number of rotatable bonds is 4. The van der Waals surface area contributed by atoms with Crippen LogP contribution < -0.4 is 10.5 Å². The number of aryl methyl sites for hydroxylation is 2. The van der Waals surface area contributed by atoms with Crippen LogP contribution in [0.3, 0.4) is 0 Å². The van der Waals surface area contributed by atoms with E-state index in [4.69, 9.17) is 5.73 Å². The first-order chi connectivity index (χ1) is 9.83. The fourth-order valence-electron chi connectivity index (χ4n) is 2.11. The molecule has 0 aliphatic rings. The van der Waals surface area contributed by atoms with Crippen molar-refractivity contribution in [3.8, 4) is 0 Å². The molecular weight excluding hydrogens is 286 g/mol. The molecule has 0 bridgehead atoms. The van der Waals surface area contributed by atoms with Crippen molar-refractivity contribution in [3.05, 3.63) is 52.8 Å². The number of pyridine rings is 1. The number of hydrogen-bond donors (Lipinski definition) is 2. The summed E-state index contributed by atoms with van der Waals surface area (Å²) < 4.78 is 27.6. The van der Waals surface area contributed by atoms with E-state index in [1.54, 1.807) is 31.5 Å². The van der Waals surface area contributed by atoms with Gasteiger partial charge < -0.3 is 5.73 Å². The topological polar surface area (TPSA) is 85.1 Å². The molecule has 112 valence electrons. The molecule has 0 saturated heterocycles. The Labute approximate surface area is 125 Å². The van der Waals surface area contributed by atoms with Gasteiger partial charge in [-0.15, -0.1) is 0 Å². The Morgan fingerprint density at radius 1 is 1.14 bits per heavy atom. The molecule has 0 spiro atoms. The molecule has 0 saturated carbocycles. The maximum atomic E-state index is 12.5. The summed E-state index contributed by atoms with van der Waals surface area (Å²) in [4.78, 5) is 4.15. The normalized spacial score (nSPS) is 11.6. The number of sulfonamides is 1. The van der Waals surface area contributed by atoms with Gasteiger partial charge in [-0.25, -0.2) is 13.1 Å². The maximum absolute atomic E-state index is 12.5. The highest BCUT2D eigenvalue weighted by Crippen LogP contribution is 2.25. The van der Waals surface area contributed by atoms with E-state index in [-0.39, 0.29) is 17.1 Å². The first-order valence-corrected chi connectivity index (χ1v) is 8.06. The largest absolute Gasteiger partial charge is 0.398 e. The molecule has 21 heavy (non-hydrogen) atoms. The van der Waals surface area contributed by atoms with E-state index in [1.165, 1.54) is 0 Å². The molecule has 0 aliphatic carbocycles. The lowest BCUT2D eigenvalue weighted by molar-refractivity contribution is 0.581. The van der Waals surface area contributed by atoms with Crippen LogP contribution in [-0.4, -0.2) is 13.4 Å². The van der Waals surface area contributed by atoms with E-state index < -0.39 is 10.0 Å². The van der Waals surface area contributed by atoms with Crippen LogP contribution in [0.15, 0.2) is 35.5 Å². The third-order valence-corrected chi connectivity index (χ3v) is 5.17. The van der Waals surface area contributed by atoms with Crippen LogP contribution in [0.4, 0.5) is 5.69 Å². The van der Waals surface area contributed by atoms with E-state index in [2.05, 4.69) is 9.71 Å². The van der Waals surface area contributed by atoms with Crippen molar-refractivity contribution < 1.29 is 8.42 Å². The van der Waals surface area contributed by atoms with Gasteiger partial charge in [0.25, 0.3) is 0 Å². The van der Waals surface area contributed by atoms with Crippen molar-refractivity contribution in [2.75, 3.05) is 5.73 Å². The summed E-state index contributed by atoms with van der Waals surface area (Å²) in [5, 5.41) is 0. The molecule has 0 fully saturated rings. The smallest absolute Gasteiger partial charge is 0.243 e. The van der Waals surface area contributed by atoms with E-state index >= 15 is 0 Å². The number of hydrogen-bond acceptors (Lipinski definition) is 4. The first-order valence-electron chi connectivity index (χ1n) is 6.58. The minimum absolute atomic E-state index is 0.161. The Kier molecular flexibility index (Phi) is 4.29. The van der Waals surface area contributed by atoms with Gasteiger partial charge in [-0.3, -0.25) is 4.98 Å². The fraction of sp³-hybridized carbons (Fsp3) is 0.267. The molecule has 0 radical (unpaired) electrons. The van der Waals surface area contributed by atoms with Crippen LogP contribution in [0.25, 0.3) is 0 Å². The third-order valence-electron chi connectivity index (χ3n) is 3.57. The van der Waals surface area contributed by atoms with Crippen LogP contribution in [0.5, 0.6) is 0 Å². The molecule has 0 atom stereocenters. The van der Waals surface area contributed by atoms with Gasteiger partial charge in [-0.2, -0.15) is 0 Å². The second-order valence-electron chi connectivity index (χ2n) is 5.05. The van der Waals surface area contributed by atoms with Crippen molar-refractivity contribution in [1.29, 1.82) is 0 Å². The van der Waals surface area contributed by atoms with Crippen molar-refractivity contribution in [3.63, 3.8) is 0 Å². The number of nitrogens with two attached hydrogens (primary N) is 1. The maximum Gasteiger partial charge on any atom is 0.243 e. The highest BCUT2D eigenvalue weighted by atomic mass is 32.2. The zero-order valence-corrected chi connectivity index (χ0v) is 13.2. The van der Waals surface area contributed by atoms with Gasteiger partial charge in [0, 0.05) is 18.9 Å². The summed E-state index contributed by atoms with van der Waals surface area (Å²) in [6, 6.07) is 5.23. The van der Waals surface area contributed by atoms with Gasteiger partial charge in [0.05, 0.1) is 5.69 Å². The van der Waals surface area contributed by atoms with Crippen molar-refractivity contribution >= 4 is 15.7 Å². The summed E-state index contributed by atoms with van der Waals surface area (Å²) in [6.45, 7) is 5.73. The summed E-state index contributed by atoms with van der Waals surface area (Å²) in [7, 11) is -3.65. The van der Waals surface area contributed by atoms with Gasteiger partial charge >= 0.3 is 0 Å². The van der Waals surface area contributed by atoms with Crippen LogP contribution >= 0.6 is 0 Å². The summed E-state index contributed by atoms with van der Waals surface area (Å²) in [5.74, 6) is 0. The van der Waals surface area contributed by atoms with Crippen LogP contribution in [0.2, 0.25) is 0 Å². The predicted molar refractivity (Wildman–Crippen MR) is 83.3 cm³/mol. The fourth-order valence-corrected chi connectivity index (χ4v) is 3.55. The predicted octanol–water partition coefficient (Wildman–Crippen LogP) is 2.07. The number of nitrogens with one attached hydrogen (secondary N) is 1. The first kappa shape index (κ1) is 15.5. The minimum Gasteiger partial charge on any atom is -0.398 e. The highest BCUT2D eigenvalue weighted by molar-refractivity contribution is 7.89. The number of aromatic nitrogens is 1. The molecule has 2 rings (SSSR count). The Hall–Kier alpha value is -1.92. The highest BCUT2D eigenvalue weighted by Gasteiger charge is 2.21. The summed E-state index contributed by atoms with van der Waals surface area (Å²) >= 11 is 0. The lowest BCUT2D eigenvalue weighted by Crippen LogP contribution is -2.25. The molecule has 5 nitrogen and oxygen atoms in total. The van der Waals surface area contributed by atoms with Gasteiger partial charge in [0.15, 0.2) is 0 Å². The molecule has 0 aliphatic heterocycles. The minimum atomic E-state index is -3.65. The van der Waals surface area contributed by atoms with E-state index in [0.717, 1.165) is 16.7 Å². The Morgan fingerprint density at radius 2 is 1.86 bits per heavy atom. The number of benzene rings is 1. The van der Waals surface area contributed by atoms with Crippen molar-refractivity contribution in [1.82, 2.24) is 9.71 Å². The molecule has 1 aromatic carbocycles. The zero-order chi connectivity index (χ0) is 15.6. The Balaban J connectivity index is 2.32. The SMILES string of the molecule is Cc1cnccc1CNS(=O)(=O)c1c(N)ccc(C)c1C. The Morgan fingerprint density at radius 3 is 2.52 bits per heavy atom. The summed E-state index contributed by atoms with van der Waals surface area (Å²) in [5.41, 5.74) is 9.50. The summed E-state index contributed by atoms with van der Waals surface area (Å²) in [6.07, 6.45) is 3.35. The van der Waals surface area contributed by atoms with E-state index in [9.17, 15) is 8.42 Å². The number of nitrogens with zero attached hydrogens (tertiary/aromatic N) is 1. The van der Waals surface area contributed by atoms with Gasteiger partial charge in [-0.05, 0) is 55.2 Å². The average molecular weight is 305 g/mol. The Bertz CT molecular complexity index is 770. The molecule has 6 heteroatoms. The molecule has 0 unspecified atom stereocenters. The lowest BCUT2D eigenvalue weighted by atomic mass is 10.1. The van der Waals surface area contributed by atoms with E-state index in [0.29, 0.717) is 5.56 Å². The number of nitrogen functional groups attached to an aromatic ring is 1.